The van der Waals surface area contributed by atoms with E-state index in [1.807, 2.05) is 0 Å². The zero-order valence-corrected chi connectivity index (χ0v) is 10.4. The lowest BCUT2D eigenvalue weighted by Crippen LogP contribution is -1.96. The number of benzene rings is 1. The first-order chi connectivity index (χ1) is 8.71. The Labute approximate surface area is 104 Å². The average Bonchev–Trinajstić information content (AvgIpc) is 2.83. The van der Waals surface area contributed by atoms with E-state index in [2.05, 4.69) is 5.16 Å². The second kappa shape index (κ2) is 4.87. The summed E-state index contributed by atoms with van der Waals surface area (Å²) in [5, 5.41) is 3.86. The molecule has 0 radical (unpaired) electrons. The van der Waals surface area contributed by atoms with E-state index >= 15 is 0 Å². The van der Waals surface area contributed by atoms with Gasteiger partial charge in [-0.1, -0.05) is 5.16 Å². The summed E-state index contributed by atoms with van der Waals surface area (Å²) >= 11 is 0. The van der Waals surface area contributed by atoms with Crippen molar-refractivity contribution in [1.82, 2.24) is 5.16 Å². The Balaban J connectivity index is 2.68. The van der Waals surface area contributed by atoms with Crippen LogP contribution in [-0.4, -0.2) is 26.5 Å². The molecule has 0 saturated heterocycles. The van der Waals surface area contributed by atoms with Gasteiger partial charge in [0.2, 0.25) is 5.88 Å². The Morgan fingerprint density at radius 3 is 2.22 bits per heavy atom. The minimum Gasteiger partial charge on any atom is -0.496 e. The molecular formula is C12H14N2O4. The highest BCUT2D eigenvalue weighted by Crippen LogP contribution is 2.44. The van der Waals surface area contributed by atoms with Gasteiger partial charge in [0.25, 0.3) is 0 Å². The third kappa shape index (κ3) is 1.92. The molecule has 0 saturated carbocycles. The summed E-state index contributed by atoms with van der Waals surface area (Å²) in [5.41, 5.74) is 6.69. The van der Waals surface area contributed by atoms with Crippen molar-refractivity contribution < 1.29 is 18.7 Å². The van der Waals surface area contributed by atoms with Crippen molar-refractivity contribution in [2.75, 3.05) is 27.1 Å². The van der Waals surface area contributed by atoms with Crippen LogP contribution in [0, 0.1) is 0 Å². The molecule has 0 bridgehead atoms. The minimum atomic E-state index is 0.219. The number of methoxy groups -OCH3 is 3. The lowest BCUT2D eigenvalue weighted by atomic mass is 10.1. The molecule has 0 unspecified atom stereocenters. The third-order valence-electron chi connectivity index (χ3n) is 2.51. The second-order valence-corrected chi connectivity index (χ2v) is 3.49. The molecule has 96 valence electrons. The van der Waals surface area contributed by atoms with Crippen LogP contribution >= 0.6 is 0 Å². The number of aromatic nitrogens is 1. The van der Waals surface area contributed by atoms with E-state index in [4.69, 9.17) is 24.5 Å². The van der Waals surface area contributed by atoms with Gasteiger partial charge in [-0.2, -0.15) is 0 Å². The van der Waals surface area contributed by atoms with Crippen molar-refractivity contribution in [3.8, 4) is 28.5 Å². The number of anilines is 1. The topological polar surface area (TPSA) is 79.7 Å². The maximum atomic E-state index is 5.53. The zero-order chi connectivity index (χ0) is 13.1. The molecule has 0 fully saturated rings. The summed E-state index contributed by atoms with van der Waals surface area (Å²) < 4.78 is 20.7. The molecule has 2 N–H and O–H groups in total. The van der Waals surface area contributed by atoms with E-state index in [-0.39, 0.29) is 5.88 Å². The first-order valence-corrected chi connectivity index (χ1v) is 5.22. The highest BCUT2D eigenvalue weighted by molar-refractivity contribution is 5.78. The number of ether oxygens (including phenoxy) is 3. The number of hydrogen-bond acceptors (Lipinski definition) is 6. The van der Waals surface area contributed by atoms with Gasteiger partial charge in [0.05, 0.1) is 26.9 Å². The quantitative estimate of drug-likeness (QED) is 0.893. The van der Waals surface area contributed by atoms with E-state index < -0.39 is 0 Å². The Morgan fingerprint density at radius 1 is 1.06 bits per heavy atom. The monoisotopic (exact) mass is 250 g/mol. The molecule has 6 nitrogen and oxygen atoms in total. The van der Waals surface area contributed by atoms with Gasteiger partial charge < -0.3 is 24.5 Å². The first-order valence-electron chi connectivity index (χ1n) is 5.22. The summed E-state index contributed by atoms with van der Waals surface area (Å²) in [6.07, 6.45) is 0. The first kappa shape index (κ1) is 12.1. The van der Waals surface area contributed by atoms with Crippen molar-refractivity contribution in [3.05, 3.63) is 18.2 Å². The smallest absolute Gasteiger partial charge is 0.222 e. The predicted molar refractivity (Wildman–Crippen MR) is 66.0 cm³/mol. The fraction of sp³-hybridized carbons (Fsp3) is 0.250. The molecule has 6 heteroatoms. The Bertz CT molecular complexity index is 551. The standard InChI is InChI=1S/C12H14N2O4/c1-15-8-4-5-9(16-2)12(17-3)11(8)7-6-10(13)18-14-7/h4-6H,13H2,1-3H3. The van der Waals surface area contributed by atoms with E-state index in [1.165, 1.54) is 0 Å². The number of nitrogens with two attached hydrogens (primary N) is 1. The summed E-state index contributed by atoms with van der Waals surface area (Å²) in [5.74, 6) is 1.91. The van der Waals surface area contributed by atoms with Gasteiger partial charge in [-0.25, -0.2) is 0 Å². The van der Waals surface area contributed by atoms with Crippen molar-refractivity contribution in [1.29, 1.82) is 0 Å². The van der Waals surface area contributed by atoms with Gasteiger partial charge >= 0.3 is 0 Å². The lowest BCUT2D eigenvalue weighted by molar-refractivity contribution is 0.350. The van der Waals surface area contributed by atoms with Crippen LogP contribution in [0.1, 0.15) is 0 Å². The fourth-order valence-corrected chi connectivity index (χ4v) is 1.73. The van der Waals surface area contributed by atoms with Gasteiger partial charge in [-0.15, -0.1) is 0 Å². The Morgan fingerprint density at radius 2 is 1.72 bits per heavy atom. The molecule has 0 spiro atoms. The number of hydrogen-bond donors (Lipinski definition) is 1. The van der Waals surface area contributed by atoms with E-state index in [0.29, 0.717) is 28.5 Å². The molecule has 0 aliphatic carbocycles. The molecule has 1 aromatic carbocycles. The number of nitrogens with zero attached hydrogens (tertiary/aromatic N) is 1. The molecule has 1 aromatic heterocycles. The maximum absolute atomic E-state index is 5.53. The van der Waals surface area contributed by atoms with Crippen LogP contribution in [0.25, 0.3) is 11.3 Å². The fourth-order valence-electron chi connectivity index (χ4n) is 1.73. The Kier molecular flexibility index (Phi) is 3.27. The molecule has 1 heterocycles. The molecule has 2 aromatic rings. The van der Waals surface area contributed by atoms with Crippen LogP contribution in [-0.2, 0) is 0 Å². The SMILES string of the molecule is COc1ccc(OC)c(-c2cc(N)on2)c1OC. The third-order valence-corrected chi connectivity index (χ3v) is 2.51. The van der Waals surface area contributed by atoms with Crippen LogP contribution in [0.2, 0.25) is 0 Å². The van der Waals surface area contributed by atoms with Gasteiger partial charge in [-0.3, -0.25) is 0 Å². The van der Waals surface area contributed by atoms with Crippen LogP contribution in [0.4, 0.5) is 5.88 Å². The minimum absolute atomic E-state index is 0.219. The van der Waals surface area contributed by atoms with Gasteiger partial charge in [0, 0.05) is 6.07 Å². The van der Waals surface area contributed by atoms with Crippen LogP contribution in [0.5, 0.6) is 17.2 Å². The molecule has 0 aliphatic rings. The number of rotatable bonds is 4. The largest absolute Gasteiger partial charge is 0.496 e. The highest BCUT2D eigenvalue weighted by atomic mass is 16.5. The molecular weight excluding hydrogens is 236 g/mol. The number of nitrogen functional groups attached to an aromatic ring is 1. The summed E-state index contributed by atoms with van der Waals surface area (Å²) in [7, 11) is 4.67. The summed E-state index contributed by atoms with van der Waals surface area (Å²) in [6, 6.07) is 5.12. The van der Waals surface area contributed by atoms with Crippen LogP contribution in [0.3, 0.4) is 0 Å². The van der Waals surface area contributed by atoms with Crippen molar-refractivity contribution in [2.45, 2.75) is 0 Å². The average molecular weight is 250 g/mol. The second-order valence-electron chi connectivity index (χ2n) is 3.49. The maximum Gasteiger partial charge on any atom is 0.222 e. The highest BCUT2D eigenvalue weighted by Gasteiger charge is 2.20. The van der Waals surface area contributed by atoms with Gasteiger partial charge in [0.1, 0.15) is 11.4 Å². The molecule has 0 aliphatic heterocycles. The molecule has 2 rings (SSSR count). The van der Waals surface area contributed by atoms with Crippen molar-refractivity contribution in [3.63, 3.8) is 0 Å². The summed E-state index contributed by atoms with van der Waals surface area (Å²) in [6.45, 7) is 0. The van der Waals surface area contributed by atoms with Gasteiger partial charge in [-0.05, 0) is 12.1 Å². The molecule has 0 amide bonds. The van der Waals surface area contributed by atoms with Crippen molar-refractivity contribution in [2.24, 2.45) is 0 Å². The van der Waals surface area contributed by atoms with E-state index in [0.717, 1.165) is 0 Å². The molecule has 18 heavy (non-hydrogen) atoms. The Hall–Kier alpha value is -2.37. The van der Waals surface area contributed by atoms with E-state index in [9.17, 15) is 0 Å². The molecule has 0 atom stereocenters. The normalized spacial score (nSPS) is 10.2. The van der Waals surface area contributed by atoms with Gasteiger partial charge in [0.15, 0.2) is 11.5 Å². The zero-order valence-electron chi connectivity index (χ0n) is 10.4. The van der Waals surface area contributed by atoms with Crippen LogP contribution < -0.4 is 19.9 Å². The van der Waals surface area contributed by atoms with Crippen molar-refractivity contribution >= 4 is 5.88 Å². The van der Waals surface area contributed by atoms with E-state index in [1.54, 1.807) is 39.5 Å². The predicted octanol–water partition coefficient (Wildman–Crippen LogP) is 1.95. The summed E-state index contributed by atoms with van der Waals surface area (Å²) in [4.78, 5) is 0. The van der Waals surface area contributed by atoms with Crippen LogP contribution in [0.15, 0.2) is 22.7 Å². The lowest BCUT2D eigenvalue weighted by Gasteiger charge is -2.14.